The van der Waals surface area contributed by atoms with Gasteiger partial charge in [-0.15, -0.1) is 5.16 Å². The van der Waals surface area contributed by atoms with Crippen LogP contribution in [0.2, 0.25) is 5.02 Å². The first-order valence-electron chi connectivity index (χ1n) is 10.1. The third-order valence-corrected chi connectivity index (χ3v) is 7.36. The lowest BCUT2D eigenvalue weighted by Gasteiger charge is -2.52. The molecule has 2 amide bonds. The maximum Gasteiger partial charge on any atom is 0.239 e. The molecule has 6 heteroatoms. The van der Waals surface area contributed by atoms with Crippen LogP contribution >= 0.6 is 11.6 Å². The Morgan fingerprint density at radius 3 is 2.06 bits per heavy atom. The van der Waals surface area contributed by atoms with Gasteiger partial charge >= 0.3 is 0 Å². The molecule has 1 heterocycles. The Kier molecular flexibility index (Phi) is 3.72. The summed E-state index contributed by atoms with van der Waals surface area (Å²) in [4.78, 5) is 28.9. The summed E-state index contributed by atoms with van der Waals surface area (Å²) < 4.78 is 0. The van der Waals surface area contributed by atoms with Crippen LogP contribution in [-0.4, -0.2) is 23.2 Å². The van der Waals surface area contributed by atoms with Crippen molar-refractivity contribution in [3.63, 3.8) is 0 Å². The highest BCUT2D eigenvalue weighted by atomic mass is 35.5. The smallest absolute Gasteiger partial charge is 0.239 e. The van der Waals surface area contributed by atoms with Gasteiger partial charge in [0.1, 0.15) is 0 Å². The fourth-order valence-electron chi connectivity index (χ4n) is 6.01. The molecule has 0 unspecified atom stereocenters. The molecule has 2 bridgehead atoms. The van der Waals surface area contributed by atoms with Crippen molar-refractivity contribution in [3.05, 3.63) is 100 Å². The van der Waals surface area contributed by atoms with Gasteiger partial charge in [-0.3, -0.25) is 9.59 Å². The van der Waals surface area contributed by atoms with Gasteiger partial charge in [0.2, 0.25) is 11.8 Å². The zero-order chi connectivity index (χ0) is 21.3. The Bertz CT molecular complexity index is 1250. The van der Waals surface area contributed by atoms with Gasteiger partial charge < -0.3 is 5.21 Å². The van der Waals surface area contributed by atoms with E-state index < -0.39 is 17.3 Å². The predicted molar refractivity (Wildman–Crippen MR) is 117 cm³/mol. The average Bonchev–Trinajstić information content (AvgIpc) is 3.06. The summed E-state index contributed by atoms with van der Waals surface area (Å²) in [5, 5.41) is 13.5. The normalized spacial score (nSPS) is 28.0. The summed E-state index contributed by atoms with van der Waals surface area (Å²) in [5.74, 6) is -2.17. The van der Waals surface area contributed by atoms with Crippen molar-refractivity contribution in [1.29, 1.82) is 0 Å². The Labute approximate surface area is 183 Å². The van der Waals surface area contributed by atoms with E-state index in [0.717, 1.165) is 22.3 Å². The highest BCUT2D eigenvalue weighted by molar-refractivity contribution is 6.36. The van der Waals surface area contributed by atoms with Crippen LogP contribution in [0.1, 0.15) is 28.2 Å². The number of carbonyl (C=O) groups excluding carboxylic acids is 2. The molecule has 4 aliphatic rings. The van der Waals surface area contributed by atoms with Crippen LogP contribution < -0.4 is 4.90 Å². The van der Waals surface area contributed by atoms with Crippen LogP contribution in [0.3, 0.4) is 0 Å². The van der Waals surface area contributed by atoms with Gasteiger partial charge in [-0.05, 0) is 34.4 Å². The number of nitrogens with zero attached hydrogens (tertiary/aromatic N) is 2. The summed E-state index contributed by atoms with van der Waals surface area (Å²) in [5.41, 5.74) is 3.13. The third kappa shape index (κ3) is 2.09. The summed E-state index contributed by atoms with van der Waals surface area (Å²) in [6, 6.07) is 22.5. The Balaban J connectivity index is 1.68. The molecule has 5 nitrogen and oxygen atoms in total. The lowest BCUT2D eigenvalue weighted by Crippen LogP contribution is -2.54. The second-order valence-corrected chi connectivity index (χ2v) is 8.64. The molecule has 0 saturated carbocycles. The topological polar surface area (TPSA) is 70.0 Å². The zero-order valence-electron chi connectivity index (χ0n) is 16.3. The summed E-state index contributed by atoms with van der Waals surface area (Å²) in [7, 11) is 0. The van der Waals surface area contributed by atoms with Crippen LogP contribution in [-0.2, 0) is 15.0 Å². The second-order valence-electron chi connectivity index (χ2n) is 8.23. The van der Waals surface area contributed by atoms with Crippen molar-refractivity contribution in [2.24, 2.45) is 17.0 Å². The van der Waals surface area contributed by atoms with Gasteiger partial charge in [0.15, 0.2) is 0 Å². The first kappa shape index (κ1) is 18.3. The molecule has 31 heavy (non-hydrogen) atoms. The SMILES string of the molecule is O=C1[C@@H]2C3c4ccccc4C(/C=N\O)(c4ccccc43)[C@H]2C(=O)N1c1ccccc1Cl. The molecule has 1 saturated heterocycles. The third-order valence-electron chi connectivity index (χ3n) is 7.04. The van der Waals surface area contributed by atoms with Gasteiger partial charge in [0, 0.05) is 5.92 Å². The van der Waals surface area contributed by atoms with E-state index in [2.05, 4.69) is 5.16 Å². The molecule has 0 aromatic heterocycles. The van der Waals surface area contributed by atoms with E-state index in [0.29, 0.717) is 10.7 Å². The fourth-order valence-corrected chi connectivity index (χ4v) is 6.23. The number of amides is 2. The first-order chi connectivity index (χ1) is 15.1. The van der Waals surface area contributed by atoms with Crippen LogP contribution in [0.15, 0.2) is 78.0 Å². The van der Waals surface area contributed by atoms with Crippen molar-refractivity contribution in [2.45, 2.75) is 11.3 Å². The van der Waals surface area contributed by atoms with Crippen LogP contribution in [0, 0.1) is 11.8 Å². The maximum atomic E-state index is 13.9. The number of para-hydroxylation sites is 1. The van der Waals surface area contributed by atoms with E-state index in [1.165, 1.54) is 11.1 Å². The van der Waals surface area contributed by atoms with Crippen LogP contribution in [0.25, 0.3) is 0 Å². The second kappa shape index (κ2) is 6.28. The molecule has 3 aromatic rings. The van der Waals surface area contributed by atoms with E-state index in [-0.39, 0.29) is 17.7 Å². The number of hydrogen-bond acceptors (Lipinski definition) is 4. The molecule has 2 atom stereocenters. The molecule has 0 radical (unpaired) electrons. The lowest BCUT2D eigenvalue weighted by atomic mass is 9.47. The fraction of sp³-hybridized carbons (Fsp3) is 0.160. The van der Waals surface area contributed by atoms with Crippen molar-refractivity contribution >= 4 is 35.3 Å². The summed E-state index contributed by atoms with van der Waals surface area (Å²) >= 11 is 6.38. The van der Waals surface area contributed by atoms with E-state index in [1.807, 2.05) is 48.5 Å². The van der Waals surface area contributed by atoms with Gasteiger partial charge in [-0.2, -0.15) is 0 Å². The minimum Gasteiger partial charge on any atom is -0.411 e. The molecular weight excluding hydrogens is 412 g/mol. The van der Waals surface area contributed by atoms with Crippen molar-refractivity contribution in [3.8, 4) is 0 Å². The van der Waals surface area contributed by atoms with Gasteiger partial charge in [-0.1, -0.05) is 72.3 Å². The number of halogens is 1. The predicted octanol–water partition coefficient (Wildman–Crippen LogP) is 4.35. The number of imide groups is 1. The Hall–Kier alpha value is -3.44. The van der Waals surface area contributed by atoms with E-state index >= 15 is 0 Å². The molecule has 1 aliphatic heterocycles. The minimum atomic E-state index is -1.04. The average molecular weight is 429 g/mol. The summed E-state index contributed by atoms with van der Waals surface area (Å²) in [6.45, 7) is 0. The molecule has 3 aliphatic carbocycles. The minimum absolute atomic E-state index is 0.254. The van der Waals surface area contributed by atoms with Crippen LogP contribution in [0.5, 0.6) is 0 Å². The number of carbonyl (C=O) groups is 2. The number of oxime groups is 1. The summed E-state index contributed by atoms with van der Waals surface area (Å²) in [6.07, 6.45) is 1.43. The van der Waals surface area contributed by atoms with Crippen molar-refractivity contribution in [2.75, 3.05) is 4.90 Å². The van der Waals surface area contributed by atoms with Crippen molar-refractivity contribution < 1.29 is 14.8 Å². The number of hydrogen-bond donors (Lipinski definition) is 1. The number of anilines is 1. The zero-order valence-corrected chi connectivity index (χ0v) is 17.0. The van der Waals surface area contributed by atoms with E-state index in [1.54, 1.807) is 24.3 Å². The molecular formula is C25H17ClN2O3. The largest absolute Gasteiger partial charge is 0.411 e. The highest BCUT2D eigenvalue weighted by Crippen LogP contribution is 2.63. The Morgan fingerprint density at radius 2 is 1.45 bits per heavy atom. The highest BCUT2D eigenvalue weighted by Gasteiger charge is 2.68. The number of rotatable bonds is 2. The lowest BCUT2D eigenvalue weighted by molar-refractivity contribution is -0.122. The molecule has 0 spiro atoms. The molecule has 3 aromatic carbocycles. The van der Waals surface area contributed by atoms with Gasteiger partial charge in [-0.25, -0.2) is 4.90 Å². The maximum absolute atomic E-state index is 13.9. The standard InChI is InChI=1S/C25H17ClN2O3/c26-18-11-5-6-12-19(18)28-23(29)21-20-14-7-1-3-9-16(14)25(13-27-31,22(21)24(28)30)17-10-4-2-8-15(17)20/h1-13,20-22,31H/b27-13-/t20?,21-,22-,25?/m1/s1. The van der Waals surface area contributed by atoms with Crippen LogP contribution in [0.4, 0.5) is 5.69 Å². The Morgan fingerprint density at radius 1 is 0.871 bits per heavy atom. The molecule has 7 rings (SSSR count). The van der Waals surface area contributed by atoms with Gasteiger partial charge in [0.05, 0.1) is 34.2 Å². The van der Waals surface area contributed by atoms with Crippen molar-refractivity contribution in [1.82, 2.24) is 0 Å². The molecule has 152 valence electrons. The number of benzene rings is 3. The van der Waals surface area contributed by atoms with E-state index in [9.17, 15) is 14.8 Å². The molecule has 1 fully saturated rings. The molecule has 1 N–H and O–H groups in total. The first-order valence-corrected chi connectivity index (χ1v) is 10.5. The van der Waals surface area contributed by atoms with Gasteiger partial charge in [0.25, 0.3) is 0 Å². The quantitative estimate of drug-likeness (QED) is 0.285. The monoisotopic (exact) mass is 428 g/mol. The van der Waals surface area contributed by atoms with E-state index in [4.69, 9.17) is 11.6 Å².